The smallest absolute Gasteiger partial charge is 0.265 e. The third-order valence-electron chi connectivity index (χ3n) is 5.78. The standard InChI is InChI=1S/C27H31BrN2O5S/c1-2-34-26-12-11-22(28)17-27(26)36(31,32)29-23-9-6-10-24(18-23)30(19-21-7-4-3-5-8-21)14-13-25-20-33-15-16-35-25/h3-12,17-18,25,29H,2,13-16,19-20H2,1H3. The Morgan fingerprint density at radius 3 is 2.64 bits per heavy atom. The van der Waals surface area contributed by atoms with Crippen LogP contribution in [0.25, 0.3) is 0 Å². The van der Waals surface area contributed by atoms with Crippen LogP contribution in [0.3, 0.4) is 0 Å². The van der Waals surface area contributed by atoms with Gasteiger partial charge < -0.3 is 19.1 Å². The van der Waals surface area contributed by atoms with Crippen molar-refractivity contribution in [2.75, 3.05) is 42.6 Å². The predicted molar refractivity (Wildman–Crippen MR) is 145 cm³/mol. The minimum Gasteiger partial charge on any atom is -0.492 e. The van der Waals surface area contributed by atoms with E-state index < -0.39 is 10.0 Å². The highest BCUT2D eigenvalue weighted by molar-refractivity contribution is 9.10. The van der Waals surface area contributed by atoms with Crippen molar-refractivity contribution >= 4 is 37.3 Å². The highest BCUT2D eigenvalue weighted by Crippen LogP contribution is 2.30. The van der Waals surface area contributed by atoms with Gasteiger partial charge in [-0.2, -0.15) is 0 Å². The van der Waals surface area contributed by atoms with Crippen LogP contribution in [-0.4, -0.2) is 47.5 Å². The number of nitrogens with one attached hydrogen (secondary N) is 1. The normalized spacial score (nSPS) is 15.9. The summed E-state index contributed by atoms with van der Waals surface area (Å²) in [5, 5.41) is 0. The Morgan fingerprint density at radius 1 is 1.06 bits per heavy atom. The van der Waals surface area contributed by atoms with E-state index in [1.807, 2.05) is 43.3 Å². The maximum Gasteiger partial charge on any atom is 0.265 e. The summed E-state index contributed by atoms with van der Waals surface area (Å²) in [6.07, 6.45) is 0.852. The average molecular weight is 576 g/mol. The van der Waals surface area contributed by atoms with Crippen LogP contribution in [0.2, 0.25) is 0 Å². The largest absolute Gasteiger partial charge is 0.492 e. The first-order valence-electron chi connectivity index (χ1n) is 12.0. The van der Waals surface area contributed by atoms with Gasteiger partial charge in [0.2, 0.25) is 0 Å². The van der Waals surface area contributed by atoms with E-state index in [-0.39, 0.29) is 11.0 Å². The molecule has 1 atom stereocenters. The van der Waals surface area contributed by atoms with Crippen LogP contribution < -0.4 is 14.4 Å². The molecule has 192 valence electrons. The molecule has 9 heteroatoms. The lowest BCUT2D eigenvalue weighted by molar-refractivity contribution is -0.0896. The molecule has 36 heavy (non-hydrogen) atoms. The minimum atomic E-state index is -3.88. The summed E-state index contributed by atoms with van der Waals surface area (Å²) in [5.41, 5.74) is 2.56. The maximum absolute atomic E-state index is 13.3. The second kappa shape index (κ2) is 12.6. The molecule has 0 amide bonds. The molecular formula is C27H31BrN2O5S. The lowest BCUT2D eigenvalue weighted by Crippen LogP contribution is -2.33. The van der Waals surface area contributed by atoms with E-state index in [9.17, 15) is 8.42 Å². The van der Waals surface area contributed by atoms with Gasteiger partial charge in [0, 0.05) is 23.2 Å². The molecule has 1 unspecified atom stereocenters. The van der Waals surface area contributed by atoms with Gasteiger partial charge in [0.05, 0.1) is 38.2 Å². The number of hydrogen-bond donors (Lipinski definition) is 1. The third kappa shape index (κ3) is 7.22. The second-order valence-electron chi connectivity index (χ2n) is 8.44. The molecule has 0 aliphatic carbocycles. The molecule has 1 aliphatic rings. The molecule has 0 radical (unpaired) electrons. The summed E-state index contributed by atoms with van der Waals surface area (Å²) < 4.78 is 46.9. The minimum absolute atomic E-state index is 0.0484. The monoisotopic (exact) mass is 574 g/mol. The van der Waals surface area contributed by atoms with Gasteiger partial charge in [-0.25, -0.2) is 8.42 Å². The summed E-state index contributed by atoms with van der Waals surface area (Å²) in [6, 6.07) is 22.6. The van der Waals surface area contributed by atoms with Crippen molar-refractivity contribution in [3.05, 3.63) is 82.8 Å². The van der Waals surface area contributed by atoms with Gasteiger partial charge in [-0.05, 0) is 55.3 Å². The number of nitrogens with zero attached hydrogens (tertiary/aromatic N) is 1. The molecule has 0 aromatic heterocycles. The van der Waals surface area contributed by atoms with Crippen molar-refractivity contribution in [3.8, 4) is 5.75 Å². The Balaban J connectivity index is 1.57. The fourth-order valence-corrected chi connectivity index (χ4v) is 5.78. The van der Waals surface area contributed by atoms with Gasteiger partial charge in [0.1, 0.15) is 10.6 Å². The first kappa shape index (κ1) is 26.5. The number of hydrogen-bond acceptors (Lipinski definition) is 6. The third-order valence-corrected chi connectivity index (χ3v) is 7.68. The zero-order valence-corrected chi connectivity index (χ0v) is 22.6. The topological polar surface area (TPSA) is 77.1 Å². The molecule has 3 aromatic rings. The number of halogens is 1. The number of rotatable bonds is 11. The molecule has 1 saturated heterocycles. The lowest BCUT2D eigenvalue weighted by Gasteiger charge is -2.29. The molecule has 0 saturated carbocycles. The number of sulfonamides is 1. The maximum atomic E-state index is 13.3. The highest BCUT2D eigenvalue weighted by Gasteiger charge is 2.22. The van der Waals surface area contributed by atoms with E-state index in [1.54, 1.807) is 24.3 Å². The number of ether oxygens (including phenoxy) is 3. The summed E-state index contributed by atoms with van der Waals surface area (Å²) >= 11 is 3.36. The SMILES string of the molecule is CCOc1ccc(Br)cc1S(=O)(=O)Nc1cccc(N(CCC2COCCO2)Cc2ccccc2)c1. The number of anilines is 2. The average Bonchev–Trinajstić information content (AvgIpc) is 2.89. The van der Waals surface area contributed by atoms with Gasteiger partial charge in [0.25, 0.3) is 10.0 Å². The predicted octanol–water partition coefficient (Wildman–Crippen LogP) is 5.46. The molecule has 7 nitrogen and oxygen atoms in total. The van der Waals surface area contributed by atoms with E-state index in [0.717, 1.165) is 18.7 Å². The van der Waals surface area contributed by atoms with Gasteiger partial charge in [-0.3, -0.25) is 4.72 Å². The first-order chi connectivity index (χ1) is 17.4. The van der Waals surface area contributed by atoms with Crippen LogP contribution in [0.4, 0.5) is 11.4 Å². The van der Waals surface area contributed by atoms with Crippen molar-refractivity contribution < 1.29 is 22.6 Å². The van der Waals surface area contributed by atoms with Crippen LogP contribution >= 0.6 is 15.9 Å². The highest BCUT2D eigenvalue weighted by atomic mass is 79.9. The Morgan fingerprint density at radius 2 is 1.89 bits per heavy atom. The van der Waals surface area contributed by atoms with Crippen molar-refractivity contribution in [1.82, 2.24) is 0 Å². The van der Waals surface area contributed by atoms with Crippen molar-refractivity contribution in [3.63, 3.8) is 0 Å². The molecule has 1 heterocycles. The van der Waals surface area contributed by atoms with E-state index in [1.165, 1.54) is 5.56 Å². The van der Waals surface area contributed by atoms with Gasteiger partial charge in [-0.15, -0.1) is 0 Å². The Bertz CT molecular complexity index is 1230. The van der Waals surface area contributed by atoms with Crippen LogP contribution in [-0.2, 0) is 26.0 Å². The first-order valence-corrected chi connectivity index (χ1v) is 14.3. The Hall–Kier alpha value is -2.59. The summed E-state index contributed by atoms with van der Waals surface area (Å²) in [7, 11) is -3.88. The molecule has 0 spiro atoms. The van der Waals surface area contributed by atoms with Crippen LogP contribution in [0.15, 0.2) is 82.2 Å². The van der Waals surface area contributed by atoms with Crippen LogP contribution in [0, 0.1) is 0 Å². The van der Waals surface area contributed by atoms with Crippen LogP contribution in [0.1, 0.15) is 18.9 Å². The molecule has 3 aromatic carbocycles. The van der Waals surface area contributed by atoms with E-state index in [4.69, 9.17) is 14.2 Å². The molecular weight excluding hydrogens is 544 g/mol. The molecule has 0 bridgehead atoms. The molecule has 1 N–H and O–H groups in total. The fourth-order valence-electron chi connectivity index (χ4n) is 4.05. The van der Waals surface area contributed by atoms with E-state index in [0.29, 0.717) is 48.9 Å². The summed E-state index contributed by atoms with van der Waals surface area (Å²) in [5.74, 6) is 0.310. The zero-order chi connectivity index (χ0) is 25.4. The van der Waals surface area contributed by atoms with Crippen molar-refractivity contribution in [1.29, 1.82) is 0 Å². The van der Waals surface area contributed by atoms with Crippen molar-refractivity contribution in [2.24, 2.45) is 0 Å². The van der Waals surface area contributed by atoms with Gasteiger partial charge >= 0.3 is 0 Å². The van der Waals surface area contributed by atoms with Crippen LogP contribution in [0.5, 0.6) is 5.75 Å². The lowest BCUT2D eigenvalue weighted by atomic mass is 10.1. The van der Waals surface area contributed by atoms with Gasteiger partial charge in [-0.1, -0.05) is 52.3 Å². The van der Waals surface area contributed by atoms with E-state index in [2.05, 4.69) is 37.7 Å². The zero-order valence-electron chi connectivity index (χ0n) is 20.2. The number of benzene rings is 3. The van der Waals surface area contributed by atoms with Crippen molar-refractivity contribution in [2.45, 2.75) is 30.9 Å². The van der Waals surface area contributed by atoms with E-state index >= 15 is 0 Å². The Kier molecular flexibility index (Phi) is 9.25. The Labute approximate surface area is 221 Å². The molecule has 4 rings (SSSR count). The fraction of sp³-hybridized carbons (Fsp3) is 0.333. The van der Waals surface area contributed by atoms with Gasteiger partial charge in [0.15, 0.2) is 0 Å². The second-order valence-corrected chi connectivity index (χ2v) is 11.0. The quantitative estimate of drug-likeness (QED) is 0.327. The summed E-state index contributed by atoms with van der Waals surface area (Å²) in [4.78, 5) is 2.32. The molecule has 1 aliphatic heterocycles. The summed E-state index contributed by atoms with van der Waals surface area (Å²) in [6.45, 7) is 5.44. The molecule has 1 fully saturated rings.